The van der Waals surface area contributed by atoms with E-state index in [-0.39, 0.29) is 41.1 Å². The molecule has 0 fully saturated rings. The Kier molecular flexibility index (Phi) is 8.96. The second kappa shape index (κ2) is 11.7. The van der Waals surface area contributed by atoms with Crippen molar-refractivity contribution in [2.75, 3.05) is 25.0 Å². The number of guanidine groups is 1. The van der Waals surface area contributed by atoms with E-state index in [9.17, 15) is 33.0 Å². The molecule has 0 saturated heterocycles. The van der Waals surface area contributed by atoms with E-state index >= 15 is 0 Å². The van der Waals surface area contributed by atoms with Crippen LogP contribution in [-0.2, 0) is 11.0 Å². The summed E-state index contributed by atoms with van der Waals surface area (Å²) in [5.74, 6) is -1.21. The Bertz CT molecular complexity index is 1160. The molecule has 0 aliphatic carbocycles. The van der Waals surface area contributed by atoms with Crippen molar-refractivity contribution < 1.29 is 33.0 Å². The topological polar surface area (TPSA) is 123 Å². The van der Waals surface area contributed by atoms with Gasteiger partial charge < -0.3 is 26.2 Å². The first-order valence-electron chi connectivity index (χ1n) is 11.2. The fourth-order valence-corrected chi connectivity index (χ4v) is 4.21. The Hall–Kier alpha value is -3.12. The number of alkyl halides is 3. The summed E-state index contributed by atoms with van der Waals surface area (Å²) in [6.07, 6.45) is -4.72. The zero-order valence-electron chi connectivity index (χ0n) is 19.3. The zero-order chi connectivity index (χ0) is 26.5. The third-order valence-corrected chi connectivity index (χ3v) is 6.00. The van der Waals surface area contributed by atoms with Crippen LogP contribution in [0.4, 0.5) is 18.9 Å². The number of aliphatic hydroxyl groups is 1. The third-order valence-electron chi connectivity index (χ3n) is 5.54. The van der Waals surface area contributed by atoms with E-state index < -0.39 is 29.7 Å². The predicted molar refractivity (Wildman–Crippen MR) is 132 cm³/mol. The summed E-state index contributed by atoms with van der Waals surface area (Å²) in [6.45, 7) is 1.97. The largest absolute Gasteiger partial charge is 0.508 e. The number of β-amino-alcohol motifs (C(OH)–C–C–N with tert-alkyl or cyclic N) is 1. The van der Waals surface area contributed by atoms with Gasteiger partial charge in [0.25, 0.3) is 5.91 Å². The number of Topliss-reactive ketones (excluding diaryl/α,β-unsaturated/α-hetero) is 1. The van der Waals surface area contributed by atoms with Crippen LogP contribution in [0.25, 0.3) is 0 Å². The lowest BCUT2D eigenvalue weighted by Crippen LogP contribution is -2.42. The van der Waals surface area contributed by atoms with Crippen LogP contribution < -0.4 is 16.0 Å². The maximum atomic E-state index is 13.2. The number of halogens is 4. The molecule has 36 heavy (non-hydrogen) atoms. The Morgan fingerprint density at radius 2 is 1.97 bits per heavy atom. The fraction of sp³-hybridized carbons (Fsp3) is 0.375. The Morgan fingerprint density at radius 3 is 2.61 bits per heavy atom. The van der Waals surface area contributed by atoms with Crippen molar-refractivity contribution in [1.29, 1.82) is 0 Å². The van der Waals surface area contributed by atoms with Gasteiger partial charge in [-0.2, -0.15) is 13.2 Å². The van der Waals surface area contributed by atoms with E-state index in [2.05, 4.69) is 36.9 Å². The summed E-state index contributed by atoms with van der Waals surface area (Å²) < 4.78 is 39.8. The van der Waals surface area contributed by atoms with Crippen molar-refractivity contribution in [3.8, 4) is 5.75 Å². The van der Waals surface area contributed by atoms with E-state index in [1.807, 2.05) is 0 Å². The van der Waals surface area contributed by atoms with Crippen LogP contribution in [0.5, 0.6) is 5.75 Å². The third kappa shape index (κ3) is 7.69. The van der Waals surface area contributed by atoms with Gasteiger partial charge in [0, 0.05) is 34.8 Å². The van der Waals surface area contributed by atoms with Crippen LogP contribution >= 0.6 is 15.9 Å². The maximum absolute atomic E-state index is 13.2. The minimum atomic E-state index is -4.51. The van der Waals surface area contributed by atoms with Gasteiger partial charge in [-0.25, -0.2) is 0 Å². The molecule has 2 aromatic rings. The lowest BCUT2D eigenvalue weighted by atomic mass is 9.90. The van der Waals surface area contributed by atoms with Gasteiger partial charge in [0.15, 0.2) is 11.7 Å². The highest BCUT2D eigenvalue weighted by molar-refractivity contribution is 9.10. The molecule has 3 rings (SSSR count). The molecule has 0 radical (unpaired) electrons. The molecule has 2 atom stereocenters. The van der Waals surface area contributed by atoms with Crippen LogP contribution in [-0.4, -0.2) is 53.6 Å². The summed E-state index contributed by atoms with van der Waals surface area (Å²) in [4.78, 5) is 29.3. The second-order valence-corrected chi connectivity index (χ2v) is 9.33. The summed E-state index contributed by atoms with van der Waals surface area (Å²) in [7, 11) is 0. The number of ketones is 1. The van der Waals surface area contributed by atoms with E-state index in [0.29, 0.717) is 30.2 Å². The highest BCUT2D eigenvalue weighted by atomic mass is 79.9. The van der Waals surface area contributed by atoms with Crippen LogP contribution in [0.1, 0.15) is 47.2 Å². The van der Waals surface area contributed by atoms with E-state index in [4.69, 9.17) is 0 Å². The number of phenolic OH excluding ortho intramolecular Hbond substituents is 1. The monoisotopic (exact) mass is 570 g/mol. The molecule has 12 heteroatoms. The van der Waals surface area contributed by atoms with Gasteiger partial charge >= 0.3 is 6.18 Å². The lowest BCUT2D eigenvalue weighted by Gasteiger charge is -2.20. The van der Waals surface area contributed by atoms with Gasteiger partial charge in [-0.3, -0.25) is 14.6 Å². The van der Waals surface area contributed by atoms with Gasteiger partial charge in [-0.15, -0.1) is 0 Å². The molecule has 0 saturated carbocycles. The number of anilines is 1. The number of phenols is 1. The summed E-state index contributed by atoms with van der Waals surface area (Å²) in [5.41, 5.74) is 0.0464. The summed E-state index contributed by atoms with van der Waals surface area (Å²) in [5, 5.41) is 27.8. The number of carbonyl (C=O) groups excluding carboxylic acids is 2. The van der Waals surface area contributed by atoms with E-state index in [0.717, 1.165) is 12.1 Å². The summed E-state index contributed by atoms with van der Waals surface area (Å²) in [6, 6.07) is 7.66. The van der Waals surface area contributed by atoms with Crippen LogP contribution in [0.15, 0.2) is 45.9 Å². The number of aliphatic imine (C=N–C) groups is 1. The minimum Gasteiger partial charge on any atom is -0.508 e. The minimum absolute atomic E-state index is 0.0469. The van der Waals surface area contributed by atoms with Crippen molar-refractivity contribution >= 4 is 39.3 Å². The average molecular weight is 571 g/mol. The van der Waals surface area contributed by atoms with Crippen molar-refractivity contribution in [3.05, 3.63) is 57.6 Å². The molecular weight excluding hydrogens is 545 g/mol. The SMILES string of the molecule is CC[C@H](CC(=O)CNC(=O)c1cc(O)cc(NC2=NCC(O)CN2)c1)c1cc(Br)cc(C(F)(F)F)c1. The van der Waals surface area contributed by atoms with Gasteiger partial charge in [-0.1, -0.05) is 22.9 Å². The molecule has 8 nitrogen and oxygen atoms in total. The molecule has 2 aromatic carbocycles. The van der Waals surface area contributed by atoms with Gasteiger partial charge in [0.1, 0.15) is 5.75 Å². The molecule has 0 bridgehead atoms. The number of carbonyl (C=O) groups is 2. The number of hydrogen-bond acceptors (Lipinski definition) is 7. The summed E-state index contributed by atoms with van der Waals surface area (Å²) >= 11 is 3.10. The fourth-order valence-electron chi connectivity index (χ4n) is 3.70. The number of benzene rings is 2. The zero-order valence-corrected chi connectivity index (χ0v) is 20.9. The Balaban J connectivity index is 1.62. The molecule has 1 aliphatic heterocycles. The molecule has 0 spiro atoms. The highest BCUT2D eigenvalue weighted by Gasteiger charge is 2.32. The Morgan fingerprint density at radius 1 is 1.22 bits per heavy atom. The van der Waals surface area contributed by atoms with E-state index in [1.165, 1.54) is 18.2 Å². The number of nitrogens with one attached hydrogen (secondary N) is 3. The highest BCUT2D eigenvalue weighted by Crippen LogP contribution is 2.35. The van der Waals surface area contributed by atoms with Crippen molar-refractivity contribution in [2.45, 2.75) is 38.0 Å². The molecule has 1 aliphatic rings. The second-order valence-electron chi connectivity index (χ2n) is 8.42. The number of aromatic hydroxyl groups is 1. The number of aliphatic hydroxyl groups excluding tert-OH is 1. The lowest BCUT2D eigenvalue weighted by molar-refractivity contribution is -0.137. The van der Waals surface area contributed by atoms with Gasteiger partial charge in [0.05, 0.1) is 24.8 Å². The van der Waals surface area contributed by atoms with Crippen LogP contribution in [0.3, 0.4) is 0 Å². The van der Waals surface area contributed by atoms with Crippen LogP contribution in [0.2, 0.25) is 0 Å². The van der Waals surface area contributed by atoms with Crippen molar-refractivity contribution in [3.63, 3.8) is 0 Å². The first-order chi connectivity index (χ1) is 16.9. The first kappa shape index (κ1) is 27.5. The molecule has 194 valence electrons. The standard InChI is InChI=1S/C24H26BrF3N4O4/c1-2-13(14-3-16(24(26,27)28)8-17(25)4-14)6-20(34)10-29-22(36)15-5-18(9-19(33)7-15)32-23-30-11-21(35)12-31-23/h3-5,7-9,13,21,33,35H,2,6,10-12H2,1H3,(H,29,36)(H2,30,31,32)/t13-/m1/s1. The quantitative estimate of drug-likeness (QED) is 0.329. The molecule has 1 amide bonds. The molecule has 1 unspecified atom stereocenters. The van der Waals surface area contributed by atoms with Gasteiger partial charge in [0.2, 0.25) is 0 Å². The molecular formula is C24H26BrF3N4O4. The number of rotatable bonds is 8. The molecule has 0 aromatic heterocycles. The average Bonchev–Trinajstić information content (AvgIpc) is 2.81. The van der Waals surface area contributed by atoms with Crippen molar-refractivity contribution in [2.24, 2.45) is 4.99 Å². The smallest absolute Gasteiger partial charge is 0.416 e. The molecule has 5 N–H and O–H groups in total. The predicted octanol–water partition coefficient (Wildman–Crippen LogP) is 3.79. The van der Waals surface area contributed by atoms with Crippen molar-refractivity contribution in [1.82, 2.24) is 10.6 Å². The Labute approximate surface area is 214 Å². The van der Waals surface area contributed by atoms with E-state index in [1.54, 1.807) is 13.0 Å². The van der Waals surface area contributed by atoms with Crippen LogP contribution in [0, 0.1) is 0 Å². The molecule has 1 heterocycles. The number of nitrogens with zero attached hydrogens (tertiary/aromatic N) is 1. The number of amides is 1. The normalized spacial score (nSPS) is 16.5. The number of hydrogen-bond donors (Lipinski definition) is 5. The first-order valence-corrected chi connectivity index (χ1v) is 12.0. The van der Waals surface area contributed by atoms with Gasteiger partial charge in [-0.05, 0) is 48.2 Å². The maximum Gasteiger partial charge on any atom is 0.416 e.